The minimum atomic E-state index is 0.0895. The first-order valence-electron chi connectivity index (χ1n) is 10.1. The number of hydrogen-bond donors (Lipinski definition) is 0. The summed E-state index contributed by atoms with van der Waals surface area (Å²) in [7, 11) is 2.20. The van der Waals surface area contributed by atoms with Gasteiger partial charge in [0.1, 0.15) is 6.17 Å². The van der Waals surface area contributed by atoms with Crippen molar-refractivity contribution in [2.45, 2.75) is 40.8 Å². The third kappa shape index (κ3) is 3.05. The summed E-state index contributed by atoms with van der Waals surface area (Å²) >= 11 is 0. The summed E-state index contributed by atoms with van der Waals surface area (Å²) in [4.78, 5) is 4.82. The molecule has 0 saturated carbocycles. The molecule has 0 aromatic heterocycles. The average Bonchev–Trinajstić information content (AvgIpc) is 2.94. The Hall–Kier alpha value is -2.48. The van der Waals surface area contributed by atoms with E-state index in [1.807, 2.05) is 18.2 Å². The summed E-state index contributed by atoms with van der Waals surface area (Å²) in [6.45, 7) is 19.4. The van der Waals surface area contributed by atoms with E-state index in [0.29, 0.717) is 12.1 Å². The van der Waals surface area contributed by atoms with Crippen molar-refractivity contribution in [1.29, 1.82) is 0 Å². The molecule has 0 spiro atoms. The second kappa shape index (κ2) is 7.16. The molecular weight excluding hydrogens is 340 g/mol. The lowest BCUT2D eigenvalue weighted by Gasteiger charge is -2.54. The Balaban J connectivity index is 0.000000236. The van der Waals surface area contributed by atoms with Gasteiger partial charge in [0.15, 0.2) is 0 Å². The summed E-state index contributed by atoms with van der Waals surface area (Å²) in [5.74, 6) is 0.542. The monoisotopic (exact) mass is 374 g/mol. The molecule has 0 radical (unpaired) electrons. The van der Waals surface area contributed by atoms with Crippen LogP contribution >= 0.6 is 0 Å². The maximum atomic E-state index is 4.03. The number of fused-ring (bicyclic) bond motifs is 3. The van der Waals surface area contributed by atoms with Crippen molar-refractivity contribution in [1.82, 2.24) is 0 Å². The maximum Gasteiger partial charge on any atom is 0.111 e. The van der Waals surface area contributed by atoms with E-state index in [2.05, 4.69) is 107 Å². The van der Waals surface area contributed by atoms with Gasteiger partial charge in [-0.3, -0.25) is 0 Å². The molecule has 2 aliphatic heterocycles. The molecule has 1 aromatic carbocycles. The van der Waals surface area contributed by atoms with Crippen molar-refractivity contribution in [3.05, 3.63) is 85.1 Å². The van der Waals surface area contributed by atoms with Crippen molar-refractivity contribution in [3.8, 4) is 0 Å². The van der Waals surface area contributed by atoms with Crippen LogP contribution in [0.1, 0.15) is 34.6 Å². The molecule has 1 aliphatic carbocycles. The van der Waals surface area contributed by atoms with Gasteiger partial charge in [-0.05, 0) is 34.6 Å². The number of hydrogen-bond acceptors (Lipinski definition) is 2. The van der Waals surface area contributed by atoms with Crippen LogP contribution in [-0.4, -0.2) is 13.2 Å². The molecule has 2 heterocycles. The second-order valence-corrected chi connectivity index (χ2v) is 9.12. The van der Waals surface area contributed by atoms with Crippen molar-refractivity contribution in [3.63, 3.8) is 0 Å². The Morgan fingerprint density at radius 2 is 1.68 bits per heavy atom. The summed E-state index contributed by atoms with van der Waals surface area (Å²) in [6.07, 6.45) is 12.9. The van der Waals surface area contributed by atoms with E-state index < -0.39 is 0 Å². The Bertz CT molecular complexity index is 866. The molecular formula is C26H34N2. The quantitative estimate of drug-likeness (QED) is 0.539. The Morgan fingerprint density at radius 3 is 2.21 bits per heavy atom. The zero-order valence-corrected chi connectivity index (χ0v) is 18.2. The normalized spacial score (nSPS) is 26.1. The SMILES string of the molecule is C=C1C=CC=CC1C.C=CC1=CN2c3ccccc3N(C)C2C(C)(C)C1(C)C. The van der Waals surface area contributed by atoms with Gasteiger partial charge in [-0.1, -0.05) is 90.3 Å². The number of rotatable bonds is 1. The molecule has 2 nitrogen and oxygen atoms in total. The predicted octanol–water partition coefficient (Wildman–Crippen LogP) is 6.71. The lowest BCUT2D eigenvalue weighted by Crippen LogP contribution is -2.58. The lowest BCUT2D eigenvalue weighted by molar-refractivity contribution is 0.108. The largest absolute Gasteiger partial charge is 0.352 e. The van der Waals surface area contributed by atoms with E-state index in [9.17, 15) is 0 Å². The molecule has 2 heteroatoms. The minimum absolute atomic E-state index is 0.0895. The Morgan fingerprint density at radius 1 is 1.04 bits per heavy atom. The van der Waals surface area contributed by atoms with Gasteiger partial charge >= 0.3 is 0 Å². The van der Waals surface area contributed by atoms with Crippen LogP contribution in [0.25, 0.3) is 0 Å². The number of benzene rings is 1. The van der Waals surface area contributed by atoms with Crippen LogP contribution in [0.5, 0.6) is 0 Å². The van der Waals surface area contributed by atoms with Gasteiger partial charge in [-0.15, -0.1) is 0 Å². The number of nitrogens with zero attached hydrogens (tertiary/aromatic N) is 2. The van der Waals surface area contributed by atoms with Gasteiger partial charge in [0.2, 0.25) is 0 Å². The fourth-order valence-electron chi connectivity index (χ4n) is 4.40. The van der Waals surface area contributed by atoms with E-state index in [0.717, 1.165) is 0 Å². The van der Waals surface area contributed by atoms with Crippen molar-refractivity contribution in [2.24, 2.45) is 16.7 Å². The van der Waals surface area contributed by atoms with Crippen molar-refractivity contribution >= 4 is 11.4 Å². The summed E-state index contributed by atoms with van der Waals surface area (Å²) in [5.41, 5.74) is 5.31. The Kier molecular flexibility index (Phi) is 5.18. The van der Waals surface area contributed by atoms with Crippen LogP contribution < -0.4 is 9.80 Å². The van der Waals surface area contributed by atoms with Gasteiger partial charge in [-0.25, -0.2) is 0 Å². The molecule has 0 amide bonds. The molecule has 0 N–H and O–H groups in total. The van der Waals surface area contributed by atoms with Crippen LogP contribution in [0.15, 0.2) is 85.1 Å². The summed E-state index contributed by atoms with van der Waals surface area (Å²) < 4.78 is 0. The Labute approximate surface area is 171 Å². The number of allylic oxidation sites excluding steroid dienone is 7. The van der Waals surface area contributed by atoms with Gasteiger partial charge < -0.3 is 9.80 Å². The highest BCUT2D eigenvalue weighted by Gasteiger charge is 2.54. The third-order valence-electron chi connectivity index (χ3n) is 7.05. The zero-order valence-electron chi connectivity index (χ0n) is 18.2. The molecule has 2 unspecified atom stereocenters. The standard InChI is InChI=1S/C18H24N2.C8H10/c1-7-13-12-20-15-11-9-8-10-14(15)19(6)16(20)18(4,5)17(13,2)3;1-7-5-3-4-6-8(7)2/h7-12,16H,1H2,2-6H3;3-6,8H,1H2,2H3. The molecule has 148 valence electrons. The first-order valence-corrected chi connectivity index (χ1v) is 10.1. The van der Waals surface area contributed by atoms with Gasteiger partial charge in [0, 0.05) is 18.7 Å². The van der Waals surface area contributed by atoms with Crippen LogP contribution in [-0.2, 0) is 0 Å². The fraction of sp³-hybridized carbons (Fsp3) is 0.385. The van der Waals surface area contributed by atoms with Crippen LogP contribution in [0, 0.1) is 16.7 Å². The average molecular weight is 375 g/mol. The van der Waals surface area contributed by atoms with Crippen molar-refractivity contribution in [2.75, 3.05) is 16.8 Å². The highest BCUT2D eigenvalue weighted by molar-refractivity contribution is 5.80. The van der Waals surface area contributed by atoms with E-state index in [-0.39, 0.29) is 10.8 Å². The van der Waals surface area contributed by atoms with Crippen LogP contribution in [0.3, 0.4) is 0 Å². The maximum absolute atomic E-state index is 4.03. The van der Waals surface area contributed by atoms with Gasteiger partial charge in [-0.2, -0.15) is 0 Å². The highest BCUT2D eigenvalue weighted by atomic mass is 15.4. The lowest BCUT2D eigenvalue weighted by atomic mass is 9.60. The van der Waals surface area contributed by atoms with Crippen molar-refractivity contribution < 1.29 is 0 Å². The molecule has 28 heavy (non-hydrogen) atoms. The first-order chi connectivity index (χ1) is 13.1. The topological polar surface area (TPSA) is 6.48 Å². The summed E-state index contributed by atoms with van der Waals surface area (Å²) in [6, 6.07) is 8.64. The van der Waals surface area contributed by atoms with E-state index >= 15 is 0 Å². The predicted molar refractivity (Wildman–Crippen MR) is 124 cm³/mol. The third-order valence-corrected chi connectivity index (χ3v) is 7.05. The second-order valence-electron chi connectivity index (χ2n) is 9.12. The summed E-state index contributed by atoms with van der Waals surface area (Å²) in [5, 5.41) is 0. The molecule has 0 saturated heterocycles. The zero-order chi connectivity index (χ0) is 20.7. The molecule has 2 atom stereocenters. The number of para-hydroxylation sites is 2. The molecule has 1 aromatic rings. The van der Waals surface area contributed by atoms with Crippen LogP contribution in [0.4, 0.5) is 11.4 Å². The van der Waals surface area contributed by atoms with E-state index in [1.165, 1.54) is 22.5 Å². The van der Waals surface area contributed by atoms with E-state index in [4.69, 9.17) is 0 Å². The fourth-order valence-corrected chi connectivity index (χ4v) is 4.40. The molecule has 4 rings (SSSR count). The smallest absolute Gasteiger partial charge is 0.111 e. The van der Waals surface area contributed by atoms with Crippen LogP contribution in [0.2, 0.25) is 0 Å². The minimum Gasteiger partial charge on any atom is -0.352 e. The highest BCUT2D eigenvalue weighted by Crippen LogP contribution is 2.57. The molecule has 3 aliphatic rings. The number of anilines is 2. The first kappa shape index (κ1) is 20.3. The van der Waals surface area contributed by atoms with Gasteiger partial charge in [0.25, 0.3) is 0 Å². The molecule has 0 fully saturated rings. The van der Waals surface area contributed by atoms with E-state index in [1.54, 1.807) is 0 Å². The molecule has 0 bridgehead atoms. The van der Waals surface area contributed by atoms with Gasteiger partial charge in [0.05, 0.1) is 11.4 Å².